The van der Waals surface area contributed by atoms with Crippen molar-refractivity contribution in [1.29, 1.82) is 0 Å². The van der Waals surface area contributed by atoms with E-state index in [1.807, 2.05) is 13.1 Å². The van der Waals surface area contributed by atoms with Crippen LogP contribution in [-0.2, 0) is 5.33 Å². The molecule has 62 valence electrons. The predicted molar refractivity (Wildman–Crippen MR) is 56.3 cm³/mol. The zero-order valence-electron chi connectivity index (χ0n) is 6.17. The lowest BCUT2D eigenvalue weighted by Crippen LogP contribution is -1.94. The first-order valence-corrected chi connectivity index (χ1v) is 4.12. The number of alkyl halides is 1. The topological polar surface area (TPSA) is 38.9 Å². The summed E-state index contributed by atoms with van der Waals surface area (Å²) in [5.74, 6) is 0. The Labute approximate surface area is 85.1 Å². The number of hydrogen-bond donors (Lipinski definition) is 1. The second-order valence-corrected chi connectivity index (χ2v) is 2.71. The van der Waals surface area contributed by atoms with Crippen LogP contribution in [0.3, 0.4) is 0 Å². The Morgan fingerprint density at radius 2 is 2.18 bits per heavy atom. The van der Waals surface area contributed by atoms with Crippen molar-refractivity contribution in [2.24, 2.45) is 0 Å². The molecule has 4 heteroatoms. The molecule has 11 heavy (non-hydrogen) atoms. The number of halogens is 2. The van der Waals surface area contributed by atoms with Crippen molar-refractivity contribution in [3.05, 3.63) is 23.5 Å². The average molecular weight is 282 g/mol. The molecular weight excluding hydrogens is 272 g/mol. The third kappa shape index (κ3) is 2.45. The van der Waals surface area contributed by atoms with Gasteiger partial charge < -0.3 is 5.73 Å². The van der Waals surface area contributed by atoms with E-state index in [0.29, 0.717) is 0 Å². The van der Waals surface area contributed by atoms with Gasteiger partial charge in [-0.15, -0.1) is 17.0 Å². The summed E-state index contributed by atoms with van der Waals surface area (Å²) in [6.07, 6.45) is 3.49. The van der Waals surface area contributed by atoms with Gasteiger partial charge in [0.15, 0.2) is 0 Å². The highest BCUT2D eigenvalue weighted by molar-refractivity contribution is 9.08. The van der Waals surface area contributed by atoms with Crippen LogP contribution >= 0.6 is 32.9 Å². The summed E-state index contributed by atoms with van der Waals surface area (Å²) < 4.78 is 0. The van der Waals surface area contributed by atoms with Gasteiger partial charge >= 0.3 is 0 Å². The zero-order valence-corrected chi connectivity index (χ0v) is 9.47. The van der Waals surface area contributed by atoms with E-state index >= 15 is 0 Å². The maximum Gasteiger partial charge on any atom is 0.0533 e. The largest absolute Gasteiger partial charge is 0.397 e. The molecule has 0 amide bonds. The Morgan fingerprint density at radius 3 is 2.64 bits per heavy atom. The van der Waals surface area contributed by atoms with E-state index in [9.17, 15) is 0 Å². The summed E-state index contributed by atoms with van der Waals surface area (Å²) in [5, 5.41) is 0.816. The Morgan fingerprint density at radius 1 is 1.55 bits per heavy atom. The standard InChI is InChI=1S/C7H9BrN2.BrH/c1-5-6(2-8)3-10-4-7(5)9;/h3-4H,2,9H2,1H3;1H. The van der Waals surface area contributed by atoms with Gasteiger partial charge in [-0.1, -0.05) is 15.9 Å². The highest BCUT2D eigenvalue weighted by Gasteiger charge is 1.98. The molecule has 0 saturated heterocycles. The van der Waals surface area contributed by atoms with Crippen LogP contribution in [0.15, 0.2) is 12.4 Å². The lowest BCUT2D eigenvalue weighted by Gasteiger charge is -2.02. The molecule has 1 aromatic heterocycles. The lowest BCUT2D eigenvalue weighted by molar-refractivity contribution is 1.21. The van der Waals surface area contributed by atoms with E-state index in [1.165, 1.54) is 0 Å². The Kier molecular flexibility index (Phi) is 4.68. The number of nitrogen functional groups attached to an aromatic ring is 1. The molecule has 0 aliphatic rings. The van der Waals surface area contributed by atoms with Gasteiger partial charge in [-0.25, -0.2) is 0 Å². The molecule has 1 rings (SSSR count). The molecule has 0 saturated carbocycles. The van der Waals surface area contributed by atoms with E-state index in [-0.39, 0.29) is 17.0 Å². The number of anilines is 1. The molecule has 0 spiro atoms. The molecule has 0 bridgehead atoms. The zero-order chi connectivity index (χ0) is 7.56. The molecule has 0 fully saturated rings. The number of nitrogens with zero attached hydrogens (tertiary/aromatic N) is 1. The highest BCUT2D eigenvalue weighted by Crippen LogP contribution is 2.15. The van der Waals surface area contributed by atoms with Crippen molar-refractivity contribution in [3.63, 3.8) is 0 Å². The quantitative estimate of drug-likeness (QED) is 0.803. The molecule has 2 N–H and O–H groups in total. The first-order valence-electron chi connectivity index (χ1n) is 3.00. The smallest absolute Gasteiger partial charge is 0.0533 e. The van der Waals surface area contributed by atoms with Gasteiger partial charge in [0.25, 0.3) is 0 Å². The van der Waals surface area contributed by atoms with E-state index < -0.39 is 0 Å². The Hall–Kier alpha value is -0.0900. The fraction of sp³-hybridized carbons (Fsp3) is 0.286. The van der Waals surface area contributed by atoms with Crippen LogP contribution in [0.1, 0.15) is 11.1 Å². The van der Waals surface area contributed by atoms with E-state index in [0.717, 1.165) is 22.1 Å². The molecule has 0 atom stereocenters. The number of hydrogen-bond acceptors (Lipinski definition) is 2. The fourth-order valence-electron chi connectivity index (χ4n) is 0.721. The first-order chi connectivity index (χ1) is 4.75. The molecule has 0 unspecified atom stereocenters. The van der Waals surface area contributed by atoms with Gasteiger partial charge in [-0.2, -0.15) is 0 Å². The Balaban J connectivity index is 0.000001000. The first kappa shape index (κ1) is 10.9. The third-order valence-corrected chi connectivity index (χ3v) is 2.11. The minimum atomic E-state index is 0. The van der Waals surface area contributed by atoms with Crippen molar-refractivity contribution in [2.75, 3.05) is 5.73 Å². The van der Waals surface area contributed by atoms with Crippen LogP contribution in [0, 0.1) is 6.92 Å². The second-order valence-electron chi connectivity index (χ2n) is 2.15. The second kappa shape index (κ2) is 4.72. The number of pyridine rings is 1. The van der Waals surface area contributed by atoms with Crippen molar-refractivity contribution in [2.45, 2.75) is 12.3 Å². The van der Waals surface area contributed by atoms with Crippen molar-refractivity contribution < 1.29 is 0 Å². The van der Waals surface area contributed by atoms with Crippen LogP contribution in [0.5, 0.6) is 0 Å². The van der Waals surface area contributed by atoms with Crippen LogP contribution in [-0.4, -0.2) is 4.98 Å². The Bertz CT molecular complexity index is 238. The van der Waals surface area contributed by atoms with E-state index in [2.05, 4.69) is 20.9 Å². The van der Waals surface area contributed by atoms with Crippen LogP contribution in [0.4, 0.5) is 5.69 Å². The third-order valence-electron chi connectivity index (χ3n) is 1.50. The van der Waals surface area contributed by atoms with Crippen molar-refractivity contribution in [1.82, 2.24) is 4.98 Å². The minimum absolute atomic E-state index is 0. The van der Waals surface area contributed by atoms with E-state index in [4.69, 9.17) is 5.73 Å². The summed E-state index contributed by atoms with van der Waals surface area (Å²) in [6, 6.07) is 0. The number of aromatic nitrogens is 1. The van der Waals surface area contributed by atoms with Crippen LogP contribution < -0.4 is 5.73 Å². The highest BCUT2D eigenvalue weighted by atomic mass is 79.9. The summed E-state index contributed by atoms with van der Waals surface area (Å²) >= 11 is 3.35. The van der Waals surface area contributed by atoms with Gasteiger partial charge in [0.2, 0.25) is 0 Å². The molecular formula is C7H10Br2N2. The van der Waals surface area contributed by atoms with Crippen molar-refractivity contribution >= 4 is 38.6 Å². The van der Waals surface area contributed by atoms with Gasteiger partial charge in [-0.3, -0.25) is 4.98 Å². The molecule has 0 radical (unpaired) electrons. The average Bonchev–Trinajstić information content (AvgIpc) is 1.95. The SMILES string of the molecule is Br.Cc1c(N)cncc1CBr. The summed E-state index contributed by atoms with van der Waals surface area (Å²) in [7, 11) is 0. The fourth-order valence-corrected chi connectivity index (χ4v) is 1.29. The number of rotatable bonds is 1. The monoisotopic (exact) mass is 280 g/mol. The van der Waals surface area contributed by atoms with Gasteiger partial charge in [0, 0.05) is 11.5 Å². The lowest BCUT2D eigenvalue weighted by atomic mass is 10.1. The van der Waals surface area contributed by atoms with Crippen LogP contribution in [0.2, 0.25) is 0 Å². The van der Waals surface area contributed by atoms with Crippen molar-refractivity contribution in [3.8, 4) is 0 Å². The predicted octanol–water partition coefficient (Wildman–Crippen LogP) is 2.45. The van der Waals surface area contributed by atoms with Crippen LogP contribution in [0.25, 0.3) is 0 Å². The maximum absolute atomic E-state index is 5.61. The van der Waals surface area contributed by atoms with E-state index in [1.54, 1.807) is 6.20 Å². The molecule has 2 nitrogen and oxygen atoms in total. The molecule has 0 aliphatic carbocycles. The van der Waals surface area contributed by atoms with Gasteiger partial charge in [0.05, 0.1) is 11.9 Å². The molecule has 1 aromatic rings. The molecule has 1 heterocycles. The molecule has 0 aliphatic heterocycles. The van der Waals surface area contributed by atoms with Gasteiger partial charge in [-0.05, 0) is 18.1 Å². The normalized spacial score (nSPS) is 8.91. The summed E-state index contributed by atoms with van der Waals surface area (Å²) in [5.41, 5.74) is 8.64. The number of nitrogens with two attached hydrogens (primary N) is 1. The summed E-state index contributed by atoms with van der Waals surface area (Å²) in [6.45, 7) is 1.99. The molecule has 0 aromatic carbocycles. The van der Waals surface area contributed by atoms with Gasteiger partial charge in [0.1, 0.15) is 0 Å². The minimum Gasteiger partial charge on any atom is -0.397 e. The summed E-state index contributed by atoms with van der Waals surface area (Å²) in [4.78, 5) is 3.96. The maximum atomic E-state index is 5.61.